The van der Waals surface area contributed by atoms with E-state index in [4.69, 9.17) is 5.26 Å². The van der Waals surface area contributed by atoms with E-state index in [9.17, 15) is 5.11 Å². The van der Waals surface area contributed by atoms with Crippen molar-refractivity contribution in [2.24, 2.45) is 0 Å². The number of hydrogen-bond donors (Lipinski definition) is 1. The molecule has 3 nitrogen and oxygen atoms in total. The van der Waals surface area contributed by atoms with Crippen LogP contribution in [-0.2, 0) is 0 Å². The van der Waals surface area contributed by atoms with Crippen LogP contribution in [0.1, 0.15) is 45.4 Å². The standard InChI is InChI=1S/C14H26N2OS/c1-13(17)12-16(9-5-10-18-11-8-15)14-6-3-2-4-7-14/h13-14,17H,2-7,9-12H2,1H3. The van der Waals surface area contributed by atoms with E-state index in [-0.39, 0.29) is 6.10 Å². The van der Waals surface area contributed by atoms with E-state index < -0.39 is 0 Å². The molecule has 0 amide bonds. The van der Waals surface area contributed by atoms with Crippen LogP contribution < -0.4 is 0 Å². The summed E-state index contributed by atoms with van der Waals surface area (Å²) in [6.07, 6.45) is 7.51. The molecule has 1 aliphatic carbocycles. The molecule has 0 aromatic carbocycles. The molecule has 0 saturated heterocycles. The van der Waals surface area contributed by atoms with Gasteiger partial charge in [0.2, 0.25) is 0 Å². The van der Waals surface area contributed by atoms with Gasteiger partial charge in [0, 0.05) is 12.6 Å². The molecule has 104 valence electrons. The minimum Gasteiger partial charge on any atom is -0.392 e. The number of aliphatic hydroxyl groups is 1. The second-order valence-corrected chi connectivity index (χ2v) is 6.31. The fourth-order valence-corrected chi connectivity index (χ4v) is 3.26. The number of hydrogen-bond acceptors (Lipinski definition) is 4. The summed E-state index contributed by atoms with van der Waals surface area (Å²) < 4.78 is 0. The molecule has 4 heteroatoms. The van der Waals surface area contributed by atoms with Gasteiger partial charge in [-0.2, -0.15) is 5.26 Å². The molecule has 0 aliphatic heterocycles. The highest BCUT2D eigenvalue weighted by atomic mass is 32.2. The third-order valence-corrected chi connectivity index (χ3v) is 4.40. The average Bonchev–Trinajstić information content (AvgIpc) is 2.38. The molecule has 1 N–H and O–H groups in total. The Bertz CT molecular complexity index is 247. The Kier molecular flexibility index (Phi) is 8.49. The first-order valence-electron chi connectivity index (χ1n) is 7.11. The predicted octanol–water partition coefficient (Wildman–Crippen LogP) is 2.65. The summed E-state index contributed by atoms with van der Waals surface area (Å²) >= 11 is 1.71. The molecule has 1 rings (SSSR count). The van der Waals surface area contributed by atoms with Crippen LogP contribution in [0.25, 0.3) is 0 Å². The SMILES string of the molecule is CC(O)CN(CCCSCC#N)C1CCCCC1. The van der Waals surface area contributed by atoms with Crippen LogP contribution in [0.5, 0.6) is 0 Å². The van der Waals surface area contributed by atoms with Crippen LogP contribution in [0.15, 0.2) is 0 Å². The van der Waals surface area contributed by atoms with E-state index in [2.05, 4.69) is 11.0 Å². The van der Waals surface area contributed by atoms with Crippen molar-refractivity contribution in [1.29, 1.82) is 5.26 Å². The van der Waals surface area contributed by atoms with Gasteiger partial charge in [-0.25, -0.2) is 0 Å². The molecule has 0 heterocycles. The van der Waals surface area contributed by atoms with E-state index in [1.54, 1.807) is 11.8 Å². The number of thioether (sulfide) groups is 1. The van der Waals surface area contributed by atoms with Crippen LogP contribution >= 0.6 is 11.8 Å². The zero-order valence-corrected chi connectivity index (χ0v) is 12.3. The van der Waals surface area contributed by atoms with E-state index in [1.165, 1.54) is 32.1 Å². The predicted molar refractivity (Wildman–Crippen MR) is 77.7 cm³/mol. The van der Waals surface area contributed by atoms with Crippen molar-refractivity contribution in [3.05, 3.63) is 0 Å². The average molecular weight is 270 g/mol. The van der Waals surface area contributed by atoms with Gasteiger partial charge in [-0.1, -0.05) is 19.3 Å². The van der Waals surface area contributed by atoms with Gasteiger partial charge < -0.3 is 5.11 Å². The smallest absolute Gasteiger partial charge is 0.0808 e. The highest BCUT2D eigenvalue weighted by molar-refractivity contribution is 7.99. The monoisotopic (exact) mass is 270 g/mol. The Morgan fingerprint density at radius 3 is 2.72 bits per heavy atom. The number of nitrogens with zero attached hydrogens (tertiary/aromatic N) is 2. The summed E-state index contributed by atoms with van der Waals surface area (Å²) in [6, 6.07) is 2.84. The van der Waals surface area contributed by atoms with Gasteiger partial charge in [-0.15, -0.1) is 11.8 Å². The molecule has 1 atom stereocenters. The van der Waals surface area contributed by atoms with Gasteiger partial charge in [0.15, 0.2) is 0 Å². The number of aliphatic hydroxyl groups excluding tert-OH is 1. The Balaban J connectivity index is 2.28. The summed E-state index contributed by atoms with van der Waals surface area (Å²) in [5, 5.41) is 18.1. The Labute approximate surface area is 116 Å². The lowest BCUT2D eigenvalue weighted by molar-refractivity contribution is 0.0827. The van der Waals surface area contributed by atoms with Crippen molar-refractivity contribution in [2.45, 2.75) is 57.6 Å². The molecule has 1 aliphatic rings. The normalized spacial score (nSPS) is 18.8. The first-order chi connectivity index (χ1) is 8.74. The molecular weight excluding hydrogens is 244 g/mol. The van der Waals surface area contributed by atoms with Crippen LogP contribution in [0, 0.1) is 11.3 Å². The van der Waals surface area contributed by atoms with Crippen LogP contribution in [-0.4, -0.2) is 46.7 Å². The van der Waals surface area contributed by atoms with Gasteiger partial charge in [-0.05, 0) is 38.5 Å². The molecule has 0 aromatic heterocycles. The quantitative estimate of drug-likeness (QED) is 0.689. The highest BCUT2D eigenvalue weighted by Crippen LogP contribution is 2.23. The summed E-state index contributed by atoms with van der Waals surface area (Å²) in [4.78, 5) is 2.47. The lowest BCUT2D eigenvalue weighted by Crippen LogP contribution is -2.41. The molecule has 0 radical (unpaired) electrons. The maximum Gasteiger partial charge on any atom is 0.0808 e. The second kappa shape index (κ2) is 9.66. The second-order valence-electron chi connectivity index (χ2n) is 5.20. The molecule has 18 heavy (non-hydrogen) atoms. The lowest BCUT2D eigenvalue weighted by Gasteiger charge is -2.35. The van der Waals surface area contributed by atoms with Gasteiger partial charge >= 0.3 is 0 Å². The molecule has 1 fully saturated rings. The van der Waals surface area contributed by atoms with Crippen molar-refractivity contribution in [1.82, 2.24) is 4.90 Å². The van der Waals surface area contributed by atoms with Crippen molar-refractivity contribution < 1.29 is 5.11 Å². The summed E-state index contributed by atoms with van der Waals surface area (Å²) in [5.74, 6) is 1.65. The van der Waals surface area contributed by atoms with E-state index in [0.29, 0.717) is 11.8 Å². The van der Waals surface area contributed by atoms with E-state index in [1.807, 2.05) is 6.92 Å². The Morgan fingerprint density at radius 1 is 1.39 bits per heavy atom. The maximum atomic E-state index is 9.60. The zero-order chi connectivity index (χ0) is 13.2. The van der Waals surface area contributed by atoms with Crippen molar-refractivity contribution >= 4 is 11.8 Å². The maximum absolute atomic E-state index is 9.60. The van der Waals surface area contributed by atoms with Gasteiger partial charge in [0.05, 0.1) is 17.9 Å². The van der Waals surface area contributed by atoms with Crippen LogP contribution in [0.3, 0.4) is 0 Å². The van der Waals surface area contributed by atoms with E-state index in [0.717, 1.165) is 25.3 Å². The van der Waals surface area contributed by atoms with E-state index >= 15 is 0 Å². The number of rotatable bonds is 8. The molecule has 1 saturated carbocycles. The lowest BCUT2D eigenvalue weighted by atomic mass is 9.94. The first kappa shape index (κ1) is 15.8. The van der Waals surface area contributed by atoms with Crippen LogP contribution in [0.2, 0.25) is 0 Å². The summed E-state index contributed by atoms with van der Waals surface area (Å²) in [7, 11) is 0. The fraction of sp³-hybridized carbons (Fsp3) is 0.929. The Morgan fingerprint density at radius 2 is 2.11 bits per heavy atom. The highest BCUT2D eigenvalue weighted by Gasteiger charge is 2.21. The fourth-order valence-electron chi connectivity index (χ4n) is 2.70. The molecule has 1 unspecified atom stereocenters. The molecular formula is C14H26N2OS. The molecule has 0 spiro atoms. The van der Waals surface area contributed by atoms with Gasteiger partial charge in [0.1, 0.15) is 0 Å². The van der Waals surface area contributed by atoms with Crippen molar-refractivity contribution in [2.75, 3.05) is 24.6 Å². The Hall–Kier alpha value is -0.240. The van der Waals surface area contributed by atoms with Crippen molar-refractivity contribution in [3.8, 4) is 6.07 Å². The number of nitriles is 1. The van der Waals surface area contributed by atoms with Crippen molar-refractivity contribution in [3.63, 3.8) is 0 Å². The van der Waals surface area contributed by atoms with Gasteiger partial charge in [0.25, 0.3) is 0 Å². The van der Waals surface area contributed by atoms with Gasteiger partial charge in [-0.3, -0.25) is 4.90 Å². The topological polar surface area (TPSA) is 47.3 Å². The van der Waals surface area contributed by atoms with Crippen LogP contribution in [0.4, 0.5) is 0 Å². The molecule has 0 aromatic rings. The third-order valence-electron chi connectivity index (χ3n) is 3.49. The first-order valence-corrected chi connectivity index (χ1v) is 8.26. The summed E-state index contributed by atoms with van der Waals surface area (Å²) in [5.41, 5.74) is 0. The third kappa shape index (κ3) is 6.63. The molecule has 0 bridgehead atoms. The largest absolute Gasteiger partial charge is 0.392 e. The summed E-state index contributed by atoms with van der Waals surface area (Å²) in [6.45, 7) is 3.74. The minimum atomic E-state index is -0.237. The zero-order valence-electron chi connectivity index (χ0n) is 11.5. The minimum absolute atomic E-state index is 0.237.